The molecule has 33 heavy (non-hydrogen) atoms. The molecule has 0 saturated carbocycles. The Morgan fingerprint density at radius 2 is 1.39 bits per heavy atom. The molecule has 5 atom stereocenters. The van der Waals surface area contributed by atoms with Crippen LogP contribution in [0.1, 0.15) is 32.6 Å². The third-order valence-corrected chi connectivity index (χ3v) is 5.86. The Kier molecular flexibility index (Phi) is 15.5. The van der Waals surface area contributed by atoms with Crippen molar-refractivity contribution in [2.45, 2.75) is 62.9 Å². The number of aliphatic hydroxyl groups is 1. The van der Waals surface area contributed by atoms with E-state index in [-0.39, 0.29) is 19.3 Å². The molecule has 0 radical (unpaired) electrons. The third-order valence-electron chi connectivity index (χ3n) is 4.57. The maximum Gasteiger partial charge on any atom is 0.326 e. The van der Waals surface area contributed by atoms with Crippen molar-refractivity contribution < 1.29 is 34.2 Å². The predicted octanol–water partition coefficient (Wildman–Crippen LogP) is -1.99. The summed E-state index contributed by atoms with van der Waals surface area (Å²) >= 11 is 2.90. The van der Waals surface area contributed by atoms with Crippen LogP contribution in [0.25, 0.3) is 0 Å². The van der Waals surface area contributed by atoms with Crippen LogP contribution in [0.5, 0.6) is 0 Å². The van der Waals surface area contributed by atoms with Gasteiger partial charge in [-0.2, -0.15) is 23.5 Å². The van der Waals surface area contributed by atoms with Gasteiger partial charge in [-0.25, -0.2) is 4.79 Å². The number of nitrogens with two attached hydrogens (primary N) is 2. The van der Waals surface area contributed by atoms with E-state index in [1.165, 1.54) is 30.4 Å². The molecule has 0 aliphatic carbocycles. The smallest absolute Gasteiger partial charge is 0.326 e. The second-order valence-electron chi connectivity index (χ2n) is 7.36. The summed E-state index contributed by atoms with van der Waals surface area (Å²) in [6.07, 6.45) is 2.40. The Bertz CT molecular complexity index is 681. The maximum absolute atomic E-state index is 12.8. The average molecular weight is 510 g/mol. The van der Waals surface area contributed by atoms with Gasteiger partial charge >= 0.3 is 5.97 Å². The Balaban J connectivity index is 5.39. The monoisotopic (exact) mass is 509 g/mol. The van der Waals surface area contributed by atoms with Crippen molar-refractivity contribution in [3.63, 3.8) is 0 Å². The van der Waals surface area contributed by atoms with E-state index in [1.54, 1.807) is 6.26 Å². The molecule has 5 unspecified atom stereocenters. The van der Waals surface area contributed by atoms with Gasteiger partial charge in [-0.3, -0.25) is 19.2 Å². The van der Waals surface area contributed by atoms with Gasteiger partial charge in [0, 0.05) is 6.42 Å². The van der Waals surface area contributed by atoms with Gasteiger partial charge in [-0.05, 0) is 50.2 Å². The van der Waals surface area contributed by atoms with E-state index in [0.29, 0.717) is 17.9 Å². The number of aliphatic hydroxyl groups excluding tert-OH is 1. The summed E-state index contributed by atoms with van der Waals surface area (Å²) in [6, 6.07) is -4.83. The molecule has 0 fully saturated rings. The molecule has 0 aromatic heterocycles. The number of hydrogen-bond acceptors (Lipinski definition) is 9. The molecule has 0 aliphatic heterocycles. The molecule has 0 heterocycles. The number of carboxylic acid groups (broad SMARTS) is 1. The molecular formula is C19H35N5O7S2. The second-order valence-corrected chi connectivity index (χ2v) is 9.33. The highest BCUT2D eigenvalue weighted by Gasteiger charge is 2.32. The second kappa shape index (κ2) is 16.6. The topological polar surface area (TPSA) is 214 Å². The molecule has 12 nitrogen and oxygen atoms in total. The highest BCUT2D eigenvalue weighted by molar-refractivity contribution is 7.98. The fourth-order valence-electron chi connectivity index (χ4n) is 2.62. The van der Waals surface area contributed by atoms with Crippen molar-refractivity contribution in [1.29, 1.82) is 0 Å². The summed E-state index contributed by atoms with van der Waals surface area (Å²) in [6.45, 7) is 1.25. The van der Waals surface area contributed by atoms with Crippen LogP contribution in [0.15, 0.2) is 0 Å². The lowest BCUT2D eigenvalue weighted by Gasteiger charge is -2.26. The SMILES string of the molecule is CSCCC(N)C(=O)NC(CCC(N)=O)C(=O)NC(C(=O)NC(CCSC)C(=O)O)C(C)O. The van der Waals surface area contributed by atoms with Crippen molar-refractivity contribution in [3.8, 4) is 0 Å². The molecule has 9 N–H and O–H groups in total. The van der Waals surface area contributed by atoms with Crippen LogP contribution in [0.2, 0.25) is 0 Å². The molecule has 0 aromatic rings. The van der Waals surface area contributed by atoms with Gasteiger partial charge in [0.1, 0.15) is 18.1 Å². The Morgan fingerprint density at radius 3 is 1.88 bits per heavy atom. The highest BCUT2D eigenvalue weighted by Crippen LogP contribution is 2.06. The number of nitrogens with one attached hydrogen (secondary N) is 3. The van der Waals surface area contributed by atoms with Crippen LogP contribution in [-0.4, -0.2) is 94.1 Å². The molecule has 14 heteroatoms. The van der Waals surface area contributed by atoms with E-state index in [2.05, 4.69) is 16.0 Å². The zero-order chi connectivity index (χ0) is 25.6. The van der Waals surface area contributed by atoms with Gasteiger partial charge in [0.15, 0.2) is 0 Å². The Labute approximate surface area is 201 Å². The predicted molar refractivity (Wildman–Crippen MR) is 128 cm³/mol. The Hall–Kier alpha value is -2.03. The van der Waals surface area contributed by atoms with Crippen molar-refractivity contribution in [2.24, 2.45) is 11.5 Å². The van der Waals surface area contributed by atoms with Crippen molar-refractivity contribution in [3.05, 3.63) is 0 Å². The van der Waals surface area contributed by atoms with Crippen molar-refractivity contribution >= 4 is 53.1 Å². The quantitative estimate of drug-likeness (QED) is 0.114. The normalized spacial score (nSPS) is 15.4. The van der Waals surface area contributed by atoms with Gasteiger partial charge in [0.2, 0.25) is 23.6 Å². The number of thioether (sulfide) groups is 2. The van der Waals surface area contributed by atoms with E-state index in [0.717, 1.165) is 0 Å². The van der Waals surface area contributed by atoms with E-state index in [1.807, 2.05) is 6.26 Å². The molecule has 0 aromatic carbocycles. The van der Waals surface area contributed by atoms with Gasteiger partial charge in [-0.15, -0.1) is 0 Å². The summed E-state index contributed by atoms with van der Waals surface area (Å²) in [5.41, 5.74) is 11.0. The summed E-state index contributed by atoms with van der Waals surface area (Å²) in [5.74, 6) is -3.22. The molecule has 0 bridgehead atoms. The van der Waals surface area contributed by atoms with Crippen molar-refractivity contribution in [2.75, 3.05) is 24.0 Å². The molecule has 4 amide bonds. The number of primary amides is 1. The van der Waals surface area contributed by atoms with E-state index in [9.17, 15) is 34.2 Å². The number of carbonyl (C=O) groups is 5. The first-order valence-electron chi connectivity index (χ1n) is 10.3. The minimum absolute atomic E-state index is 0.147. The zero-order valence-electron chi connectivity index (χ0n) is 19.0. The lowest BCUT2D eigenvalue weighted by molar-refractivity contribution is -0.143. The molecule has 190 valence electrons. The fraction of sp³-hybridized carbons (Fsp3) is 0.737. The minimum Gasteiger partial charge on any atom is -0.480 e. The number of carbonyl (C=O) groups excluding carboxylic acids is 4. The minimum atomic E-state index is -1.49. The number of hydrogen-bond donors (Lipinski definition) is 7. The summed E-state index contributed by atoms with van der Waals surface area (Å²) in [4.78, 5) is 60.3. The first kappa shape index (κ1) is 31.0. The first-order chi connectivity index (χ1) is 15.4. The van der Waals surface area contributed by atoms with E-state index in [4.69, 9.17) is 11.5 Å². The lowest BCUT2D eigenvalue weighted by Crippen LogP contribution is -2.60. The average Bonchev–Trinajstić information content (AvgIpc) is 2.74. The highest BCUT2D eigenvalue weighted by atomic mass is 32.2. The molecule has 0 spiro atoms. The molecule has 0 rings (SSSR count). The fourth-order valence-corrected chi connectivity index (χ4v) is 3.58. The molecule has 0 saturated heterocycles. The van der Waals surface area contributed by atoms with E-state index >= 15 is 0 Å². The van der Waals surface area contributed by atoms with Crippen LogP contribution >= 0.6 is 23.5 Å². The number of amides is 4. The van der Waals surface area contributed by atoms with Gasteiger partial charge in [0.05, 0.1) is 12.1 Å². The van der Waals surface area contributed by atoms with Gasteiger partial charge in [-0.1, -0.05) is 0 Å². The van der Waals surface area contributed by atoms with Crippen molar-refractivity contribution in [1.82, 2.24) is 16.0 Å². The largest absolute Gasteiger partial charge is 0.480 e. The van der Waals surface area contributed by atoms with Crippen LogP contribution in [0.3, 0.4) is 0 Å². The summed E-state index contributed by atoms with van der Waals surface area (Å²) in [7, 11) is 0. The standard InChI is InChI=1S/C19H35N5O7S2/c1-10(25)15(18(29)23-13(19(30)31)7-9-33-3)24-17(28)12(4-5-14(21)26)22-16(27)11(20)6-8-32-2/h10-13,15,25H,4-9,20H2,1-3H3,(H2,21,26)(H,22,27)(H,23,29)(H,24,28)(H,30,31). The van der Waals surface area contributed by atoms with Crippen LogP contribution < -0.4 is 27.4 Å². The van der Waals surface area contributed by atoms with Crippen LogP contribution in [0.4, 0.5) is 0 Å². The zero-order valence-corrected chi connectivity index (χ0v) is 20.7. The number of carboxylic acids is 1. The van der Waals surface area contributed by atoms with E-state index < -0.39 is 59.9 Å². The maximum atomic E-state index is 12.8. The molecular weight excluding hydrogens is 474 g/mol. The lowest BCUT2D eigenvalue weighted by atomic mass is 10.1. The summed E-state index contributed by atoms with van der Waals surface area (Å²) < 4.78 is 0. The summed E-state index contributed by atoms with van der Waals surface area (Å²) in [5, 5.41) is 26.4. The number of rotatable bonds is 17. The molecule has 0 aliphatic rings. The van der Waals surface area contributed by atoms with Gasteiger partial charge in [0.25, 0.3) is 0 Å². The third kappa shape index (κ3) is 12.7. The first-order valence-corrected chi connectivity index (χ1v) is 13.1. The van der Waals surface area contributed by atoms with Crippen LogP contribution in [0, 0.1) is 0 Å². The van der Waals surface area contributed by atoms with Crippen LogP contribution in [-0.2, 0) is 24.0 Å². The Morgan fingerprint density at radius 1 is 0.848 bits per heavy atom. The van der Waals surface area contributed by atoms with Gasteiger partial charge < -0.3 is 37.6 Å². The number of aliphatic carboxylic acids is 1.